The fraction of sp³-hybridized carbons (Fsp3) is 0.118. The first kappa shape index (κ1) is 11.7. The highest BCUT2D eigenvalue weighted by molar-refractivity contribution is 6.10. The molecule has 0 aliphatic rings. The SMILES string of the molecule is Cc1ccc2oc(C(=O)c3ccccc3)c(C)c2c1. The smallest absolute Gasteiger partial charge is 0.228 e. The normalized spacial score (nSPS) is 10.8. The standard InChI is InChI=1S/C17H14O2/c1-11-8-9-15-14(10-11)12(2)17(19-15)16(18)13-6-4-3-5-7-13/h3-10H,1-2H3. The quantitative estimate of drug-likeness (QED) is 0.635. The lowest BCUT2D eigenvalue weighted by atomic mass is 10.0. The Bertz CT molecular complexity index is 752. The van der Waals surface area contributed by atoms with Gasteiger partial charge in [0.1, 0.15) is 5.58 Å². The van der Waals surface area contributed by atoms with Gasteiger partial charge in [-0.2, -0.15) is 0 Å². The van der Waals surface area contributed by atoms with Crippen LogP contribution in [-0.4, -0.2) is 5.78 Å². The largest absolute Gasteiger partial charge is 0.452 e. The Morgan fingerprint density at radius 3 is 2.47 bits per heavy atom. The predicted molar refractivity (Wildman–Crippen MR) is 75.6 cm³/mol. The van der Waals surface area contributed by atoms with E-state index in [2.05, 4.69) is 6.07 Å². The van der Waals surface area contributed by atoms with Crippen molar-refractivity contribution in [2.75, 3.05) is 0 Å². The van der Waals surface area contributed by atoms with Gasteiger partial charge in [0.15, 0.2) is 5.76 Å². The van der Waals surface area contributed by atoms with Crippen LogP contribution in [0.3, 0.4) is 0 Å². The fourth-order valence-electron chi connectivity index (χ4n) is 2.27. The van der Waals surface area contributed by atoms with Gasteiger partial charge in [-0.15, -0.1) is 0 Å². The van der Waals surface area contributed by atoms with Crippen LogP contribution in [0.2, 0.25) is 0 Å². The third-order valence-electron chi connectivity index (χ3n) is 3.33. The molecule has 0 bridgehead atoms. The van der Waals surface area contributed by atoms with Crippen LogP contribution in [0.1, 0.15) is 27.2 Å². The number of benzene rings is 2. The molecule has 0 amide bonds. The van der Waals surface area contributed by atoms with Gasteiger partial charge >= 0.3 is 0 Å². The first-order valence-electron chi connectivity index (χ1n) is 6.26. The molecular formula is C17H14O2. The Labute approximate surface area is 111 Å². The molecule has 0 aliphatic heterocycles. The van der Waals surface area contributed by atoms with Crippen molar-refractivity contribution in [3.63, 3.8) is 0 Å². The summed E-state index contributed by atoms with van der Waals surface area (Å²) in [6.07, 6.45) is 0. The molecule has 2 aromatic carbocycles. The highest BCUT2D eigenvalue weighted by atomic mass is 16.3. The van der Waals surface area contributed by atoms with Gasteiger partial charge in [0, 0.05) is 16.5 Å². The Kier molecular flexibility index (Phi) is 2.71. The summed E-state index contributed by atoms with van der Waals surface area (Å²) < 4.78 is 5.72. The second kappa shape index (κ2) is 4.39. The minimum Gasteiger partial charge on any atom is -0.452 e. The average Bonchev–Trinajstić information content (AvgIpc) is 2.76. The van der Waals surface area contributed by atoms with E-state index < -0.39 is 0 Å². The Balaban J connectivity index is 2.16. The maximum absolute atomic E-state index is 12.4. The van der Waals surface area contributed by atoms with Crippen molar-refractivity contribution in [3.8, 4) is 0 Å². The van der Waals surface area contributed by atoms with Crippen LogP contribution < -0.4 is 0 Å². The molecular weight excluding hydrogens is 236 g/mol. The minimum atomic E-state index is -0.0630. The summed E-state index contributed by atoms with van der Waals surface area (Å²) in [4.78, 5) is 12.4. The molecule has 0 spiro atoms. The Morgan fingerprint density at radius 1 is 1.00 bits per heavy atom. The maximum atomic E-state index is 12.4. The Morgan fingerprint density at radius 2 is 1.74 bits per heavy atom. The predicted octanol–water partition coefficient (Wildman–Crippen LogP) is 4.28. The van der Waals surface area contributed by atoms with Crippen LogP contribution in [0.5, 0.6) is 0 Å². The lowest BCUT2D eigenvalue weighted by Gasteiger charge is -1.98. The molecule has 3 rings (SSSR count). The molecule has 2 heteroatoms. The first-order chi connectivity index (χ1) is 9.16. The van der Waals surface area contributed by atoms with Crippen LogP contribution in [-0.2, 0) is 0 Å². The summed E-state index contributed by atoms with van der Waals surface area (Å²) in [5.74, 6) is 0.374. The molecule has 19 heavy (non-hydrogen) atoms. The van der Waals surface area contributed by atoms with E-state index >= 15 is 0 Å². The third-order valence-corrected chi connectivity index (χ3v) is 3.33. The molecule has 2 nitrogen and oxygen atoms in total. The van der Waals surface area contributed by atoms with Gasteiger partial charge in [-0.25, -0.2) is 0 Å². The van der Waals surface area contributed by atoms with Crippen molar-refractivity contribution in [1.82, 2.24) is 0 Å². The molecule has 94 valence electrons. The lowest BCUT2D eigenvalue weighted by molar-refractivity contribution is 0.101. The zero-order valence-electron chi connectivity index (χ0n) is 10.9. The molecule has 0 saturated carbocycles. The number of hydrogen-bond acceptors (Lipinski definition) is 2. The molecule has 0 radical (unpaired) electrons. The van der Waals surface area contributed by atoms with Crippen molar-refractivity contribution in [2.45, 2.75) is 13.8 Å². The zero-order chi connectivity index (χ0) is 13.4. The van der Waals surface area contributed by atoms with Gasteiger partial charge in [-0.05, 0) is 26.0 Å². The van der Waals surface area contributed by atoms with Gasteiger partial charge in [0.25, 0.3) is 0 Å². The van der Waals surface area contributed by atoms with Crippen LogP contribution in [0.4, 0.5) is 0 Å². The molecule has 0 aliphatic carbocycles. The van der Waals surface area contributed by atoms with Crippen LogP contribution >= 0.6 is 0 Å². The molecule has 3 aromatic rings. The van der Waals surface area contributed by atoms with Crippen LogP contribution in [0.15, 0.2) is 52.9 Å². The van der Waals surface area contributed by atoms with Crippen molar-refractivity contribution in [2.24, 2.45) is 0 Å². The second-order valence-electron chi connectivity index (χ2n) is 4.75. The number of hydrogen-bond donors (Lipinski definition) is 0. The van der Waals surface area contributed by atoms with E-state index in [4.69, 9.17) is 4.42 Å². The Hall–Kier alpha value is -2.35. The molecule has 0 unspecified atom stereocenters. The number of carbonyl (C=O) groups excluding carboxylic acids is 1. The minimum absolute atomic E-state index is 0.0630. The van der Waals surface area contributed by atoms with Crippen molar-refractivity contribution < 1.29 is 9.21 Å². The first-order valence-corrected chi connectivity index (χ1v) is 6.26. The topological polar surface area (TPSA) is 30.2 Å². The van der Waals surface area contributed by atoms with Gasteiger partial charge < -0.3 is 4.42 Å². The maximum Gasteiger partial charge on any atom is 0.228 e. The number of fused-ring (bicyclic) bond motifs is 1. The number of rotatable bonds is 2. The van der Waals surface area contributed by atoms with E-state index in [1.165, 1.54) is 0 Å². The van der Waals surface area contributed by atoms with Gasteiger partial charge in [0.05, 0.1) is 0 Å². The van der Waals surface area contributed by atoms with Gasteiger partial charge in [-0.1, -0.05) is 42.0 Å². The third kappa shape index (κ3) is 1.95. The van der Waals surface area contributed by atoms with Crippen molar-refractivity contribution >= 4 is 16.8 Å². The molecule has 1 aromatic heterocycles. The summed E-state index contributed by atoms with van der Waals surface area (Å²) in [5, 5.41) is 1.01. The van der Waals surface area contributed by atoms with E-state index in [0.717, 1.165) is 22.1 Å². The van der Waals surface area contributed by atoms with Gasteiger partial charge in [-0.3, -0.25) is 4.79 Å². The second-order valence-corrected chi connectivity index (χ2v) is 4.75. The summed E-state index contributed by atoms with van der Waals surface area (Å²) in [6, 6.07) is 15.2. The average molecular weight is 250 g/mol. The van der Waals surface area contributed by atoms with Crippen LogP contribution in [0, 0.1) is 13.8 Å². The molecule has 0 saturated heterocycles. The number of aryl methyl sites for hydroxylation is 2. The fourth-order valence-corrected chi connectivity index (χ4v) is 2.27. The van der Waals surface area contributed by atoms with Crippen LogP contribution in [0.25, 0.3) is 11.0 Å². The summed E-state index contributed by atoms with van der Waals surface area (Å²) >= 11 is 0. The van der Waals surface area contributed by atoms with E-state index in [9.17, 15) is 4.79 Å². The van der Waals surface area contributed by atoms with Crippen molar-refractivity contribution in [3.05, 3.63) is 71.0 Å². The van der Waals surface area contributed by atoms with E-state index in [1.54, 1.807) is 12.1 Å². The number of ketones is 1. The monoisotopic (exact) mass is 250 g/mol. The lowest BCUT2D eigenvalue weighted by Crippen LogP contribution is -2.00. The summed E-state index contributed by atoms with van der Waals surface area (Å²) in [7, 11) is 0. The molecule has 0 fully saturated rings. The summed E-state index contributed by atoms with van der Waals surface area (Å²) in [5.41, 5.74) is 3.49. The molecule has 0 N–H and O–H groups in total. The highest BCUT2D eigenvalue weighted by Crippen LogP contribution is 2.27. The van der Waals surface area contributed by atoms with E-state index in [1.807, 2.05) is 44.2 Å². The highest BCUT2D eigenvalue weighted by Gasteiger charge is 2.18. The van der Waals surface area contributed by atoms with Gasteiger partial charge in [0.2, 0.25) is 5.78 Å². The molecule has 0 atom stereocenters. The zero-order valence-corrected chi connectivity index (χ0v) is 10.9. The number of carbonyl (C=O) groups is 1. The number of furan rings is 1. The van der Waals surface area contributed by atoms with E-state index in [-0.39, 0.29) is 5.78 Å². The van der Waals surface area contributed by atoms with Crippen molar-refractivity contribution in [1.29, 1.82) is 0 Å². The van der Waals surface area contributed by atoms with E-state index in [0.29, 0.717) is 11.3 Å². The summed E-state index contributed by atoms with van der Waals surface area (Å²) in [6.45, 7) is 3.96. The molecule has 1 heterocycles.